The van der Waals surface area contributed by atoms with E-state index in [4.69, 9.17) is 14.5 Å². The molecule has 0 atom stereocenters. The van der Waals surface area contributed by atoms with Gasteiger partial charge in [0.05, 0.1) is 26.4 Å². The molecule has 3 aliphatic rings. The van der Waals surface area contributed by atoms with Crippen molar-refractivity contribution in [3.63, 3.8) is 0 Å². The summed E-state index contributed by atoms with van der Waals surface area (Å²) in [6.07, 6.45) is 1.86. The van der Waals surface area contributed by atoms with Crippen molar-refractivity contribution in [3.05, 3.63) is 24.4 Å². The van der Waals surface area contributed by atoms with E-state index in [1.807, 2.05) is 12.3 Å². The van der Waals surface area contributed by atoms with E-state index in [1.54, 1.807) is 0 Å². The van der Waals surface area contributed by atoms with Crippen molar-refractivity contribution in [2.24, 2.45) is 0 Å². The molecule has 3 aliphatic heterocycles. The van der Waals surface area contributed by atoms with E-state index in [2.05, 4.69) is 46.9 Å². The second-order valence-electron chi connectivity index (χ2n) is 7.64. The molecule has 3 saturated heterocycles. The van der Waals surface area contributed by atoms with Crippen LogP contribution in [0.15, 0.2) is 24.4 Å². The monoisotopic (exact) mass is 412 g/mol. The van der Waals surface area contributed by atoms with Gasteiger partial charge in [0.2, 0.25) is 5.95 Å². The van der Waals surface area contributed by atoms with Gasteiger partial charge < -0.3 is 29.1 Å². The second kappa shape index (κ2) is 8.97. The van der Waals surface area contributed by atoms with Crippen LogP contribution in [-0.2, 0) is 9.47 Å². The van der Waals surface area contributed by atoms with Crippen LogP contribution in [0, 0.1) is 0 Å². The number of hydrogen-bond acceptors (Lipinski definition) is 10. The van der Waals surface area contributed by atoms with E-state index in [0.29, 0.717) is 0 Å². The quantitative estimate of drug-likeness (QED) is 0.698. The van der Waals surface area contributed by atoms with Gasteiger partial charge in [0.25, 0.3) is 0 Å². The van der Waals surface area contributed by atoms with Gasteiger partial charge >= 0.3 is 0 Å². The van der Waals surface area contributed by atoms with E-state index < -0.39 is 0 Å². The smallest absolute Gasteiger partial charge is 0.227 e. The number of piperazine rings is 1. The number of nitrogens with zero attached hydrogens (tertiary/aromatic N) is 8. The summed E-state index contributed by atoms with van der Waals surface area (Å²) < 4.78 is 10.8. The van der Waals surface area contributed by atoms with Crippen LogP contribution in [0.25, 0.3) is 0 Å². The van der Waals surface area contributed by atoms with Crippen molar-refractivity contribution in [3.8, 4) is 0 Å². The highest BCUT2D eigenvalue weighted by atomic mass is 16.5. The number of rotatable bonds is 4. The lowest BCUT2D eigenvalue weighted by Gasteiger charge is -2.36. The van der Waals surface area contributed by atoms with Gasteiger partial charge in [-0.1, -0.05) is 0 Å². The summed E-state index contributed by atoms with van der Waals surface area (Å²) in [7, 11) is 0. The number of hydrogen-bond donors (Lipinski definition) is 0. The summed E-state index contributed by atoms with van der Waals surface area (Å²) in [4.78, 5) is 18.3. The molecule has 2 aromatic heterocycles. The second-order valence-corrected chi connectivity index (χ2v) is 7.64. The Morgan fingerprint density at radius 3 is 1.63 bits per heavy atom. The molecule has 0 N–H and O–H groups in total. The van der Waals surface area contributed by atoms with E-state index in [-0.39, 0.29) is 0 Å². The molecular weight excluding hydrogens is 384 g/mol. The van der Waals surface area contributed by atoms with Crippen molar-refractivity contribution in [2.75, 3.05) is 98.4 Å². The molecule has 5 heterocycles. The minimum atomic E-state index is 0.734. The molecule has 2 aromatic rings. The van der Waals surface area contributed by atoms with E-state index in [1.165, 1.54) is 0 Å². The van der Waals surface area contributed by atoms with E-state index in [9.17, 15) is 0 Å². The Kier molecular flexibility index (Phi) is 5.76. The van der Waals surface area contributed by atoms with Gasteiger partial charge in [-0.05, 0) is 18.2 Å². The Bertz CT molecular complexity index is 816. The number of aromatic nitrogens is 4. The largest absolute Gasteiger partial charge is 0.378 e. The van der Waals surface area contributed by atoms with Gasteiger partial charge in [0.1, 0.15) is 5.82 Å². The molecule has 0 aliphatic carbocycles. The predicted molar refractivity (Wildman–Crippen MR) is 115 cm³/mol. The van der Waals surface area contributed by atoms with E-state index >= 15 is 0 Å². The van der Waals surface area contributed by atoms with Crippen LogP contribution >= 0.6 is 0 Å². The highest BCUT2D eigenvalue weighted by molar-refractivity contribution is 5.49. The molecule has 10 heteroatoms. The SMILES string of the molecule is c1cc(N2CCN(c3ccc(N4CCOCC4)nn3)CC2)nc(N2CCOCC2)n1. The number of anilines is 4. The average molecular weight is 412 g/mol. The third-order valence-corrected chi connectivity index (χ3v) is 5.82. The highest BCUT2D eigenvalue weighted by Gasteiger charge is 2.22. The van der Waals surface area contributed by atoms with Crippen LogP contribution in [0.5, 0.6) is 0 Å². The summed E-state index contributed by atoms with van der Waals surface area (Å²) in [5.41, 5.74) is 0. The standard InChI is InChI=1S/C20H28N8O2/c1-2-19(27-9-13-29-14-10-27)24-23-18(1)26-7-5-25(6-8-26)17-3-4-21-20(22-17)28-11-15-30-16-12-28/h1-4H,5-16H2. The Morgan fingerprint density at radius 1 is 0.567 bits per heavy atom. The van der Waals surface area contributed by atoms with Gasteiger partial charge in [0, 0.05) is 58.6 Å². The first-order valence-electron chi connectivity index (χ1n) is 10.7. The van der Waals surface area contributed by atoms with Crippen molar-refractivity contribution in [2.45, 2.75) is 0 Å². The summed E-state index contributed by atoms with van der Waals surface area (Å²) in [6.45, 7) is 9.98. The lowest BCUT2D eigenvalue weighted by molar-refractivity contribution is 0.122. The zero-order valence-electron chi connectivity index (χ0n) is 17.2. The minimum absolute atomic E-state index is 0.734. The third kappa shape index (κ3) is 4.24. The molecule has 10 nitrogen and oxygen atoms in total. The zero-order chi connectivity index (χ0) is 20.2. The van der Waals surface area contributed by atoms with Crippen molar-refractivity contribution < 1.29 is 9.47 Å². The van der Waals surface area contributed by atoms with Gasteiger partial charge in [-0.2, -0.15) is 4.98 Å². The molecule has 0 bridgehead atoms. The first-order chi connectivity index (χ1) is 14.9. The maximum absolute atomic E-state index is 5.43. The summed E-state index contributed by atoms with van der Waals surface area (Å²) in [5.74, 6) is 3.64. The lowest BCUT2D eigenvalue weighted by Crippen LogP contribution is -2.47. The van der Waals surface area contributed by atoms with Gasteiger partial charge in [-0.15, -0.1) is 10.2 Å². The first kappa shape index (κ1) is 19.3. The average Bonchev–Trinajstić information content (AvgIpc) is 2.85. The third-order valence-electron chi connectivity index (χ3n) is 5.82. The van der Waals surface area contributed by atoms with Crippen molar-refractivity contribution in [1.29, 1.82) is 0 Å². The first-order valence-corrected chi connectivity index (χ1v) is 10.7. The number of ether oxygens (including phenoxy) is 2. The predicted octanol–water partition coefficient (Wildman–Crippen LogP) is 0.266. The lowest BCUT2D eigenvalue weighted by atomic mass is 10.3. The molecular formula is C20H28N8O2. The molecule has 5 rings (SSSR count). The normalized spacial score (nSPS) is 20.5. The molecule has 0 aromatic carbocycles. The maximum atomic E-state index is 5.43. The maximum Gasteiger partial charge on any atom is 0.227 e. The zero-order valence-corrected chi connectivity index (χ0v) is 17.2. The topological polar surface area (TPSA) is 83.0 Å². The minimum Gasteiger partial charge on any atom is -0.378 e. The number of morpholine rings is 2. The highest BCUT2D eigenvalue weighted by Crippen LogP contribution is 2.21. The molecule has 0 radical (unpaired) electrons. The fourth-order valence-corrected chi connectivity index (χ4v) is 4.04. The molecule has 3 fully saturated rings. The van der Waals surface area contributed by atoms with E-state index in [0.717, 1.165) is 102 Å². The van der Waals surface area contributed by atoms with Gasteiger partial charge in [-0.25, -0.2) is 4.98 Å². The molecule has 0 unspecified atom stereocenters. The van der Waals surface area contributed by atoms with Crippen LogP contribution in [0.4, 0.5) is 23.4 Å². The summed E-state index contributed by atoms with van der Waals surface area (Å²) >= 11 is 0. The van der Waals surface area contributed by atoms with Gasteiger partial charge in [-0.3, -0.25) is 0 Å². The van der Waals surface area contributed by atoms with Crippen LogP contribution in [-0.4, -0.2) is 99.0 Å². The van der Waals surface area contributed by atoms with Gasteiger partial charge in [0.15, 0.2) is 11.6 Å². The van der Waals surface area contributed by atoms with Crippen LogP contribution in [0.3, 0.4) is 0 Å². The Labute approximate surface area is 176 Å². The van der Waals surface area contributed by atoms with Crippen LogP contribution in [0.2, 0.25) is 0 Å². The molecule has 30 heavy (non-hydrogen) atoms. The van der Waals surface area contributed by atoms with Crippen molar-refractivity contribution >= 4 is 23.4 Å². The Balaban J connectivity index is 1.19. The summed E-state index contributed by atoms with van der Waals surface area (Å²) in [5, 5.41) is 8.93. The molecule has 160 valence electrons. The molecule has 0 saturated carbocycles. The molecule has 0 spiro atoms. The fourth-order valence-electron chi connectivity index (χ4n) is 4.04. The van der Waals surface area contributed by atoms with Crippen LogP contribution in [0.1, 0.15) is 0 Å². The Hall–Kier alpha value is -2.72. The summed E-state index contributed by atoms with van der Waals surface area (Å²) in [6, 6.07) is 6.14. The fraction of sp³-hybridized carbons (Fsp3) is 0.600. The van der Waals surface area contributed by atoms with Crippen molar-refractivity contribution in [1.82, 2.24) is 20.2 Å². The molecule has 0 amide bonds. The van der Waals surface area contributed by atoms with Crippen LogP contribution < -0.4 is 19.6 Å². The Morgan fingerprint density at radius 2 is 1.07 bits per heavy atom.